The molecule has 0 saturated heterocycles. The summed E-state index contributed by atoms with van der Waals surface area (Å²) in [7, 11) is 0. The second-order valence-corrected chi connectivity index (χ2v) is 5.39. The van der Waals surface area contributed by atoms with E-state index in [9.17, 15) is 0 Å². The fourth-order valence-corrected chi connectivity index (χ4v) is 2.30. The van der Waals surface area contributed by atoms with E-state index in [0.717, 1.165) is 0 Å². The van der Waals surface area contributed by atoms with Crippen molar-refractivity contribution in [2.45, 2.75) is 64.2 Å². The van der Waals surface area contributed by atoms with Crippen LogP contribution in [0.4, 0.5) is 0 Å². The third-order valence-corrected chi connectivity index (χ3v) is 3.50. The van der Waals surface area contributed by atoms with Gasteiger partial charge in [-0.2, -0.15) is 0 Å². The molecule has 0 fully saturated rings. The van der Waals surface area contributed by atoms with Gasteiger partial charge in [0.2, 0.25) is 0 Å². The van der Waals surface area contributed by atoms with Crippen molar-refractivity contribution in [1.82, 2.24) is 0 Å². The van der Waals surface area contributed by atoms with Crippen molar-refractivity contribution in [2.75, 3.05) is 11.2 Å². The van der Waals surface area contributed by atoms with Crippen LogP contribution in [0.15, 0.2) is 12.2 Å². The van der Waals surface area contributed by atoms with E-state index in [2.05, 4.69) is 22.0 Å². The van der Waals surface area contributed by atoms with Crippen molar-refractivity contribution in [3.05, 3.63) is 12.2 Å². The van der Waals surface area contributed by atoms with Crippen LogP contribution in [0.5, 0.6) is 0 Å². The van der Waals surface area contributed by atoms with Crippen LogP contribution < -0.4 is 0 Å². The SMILES string of the molecule is ClCC=CCCCCCCCCCCCBr. The van der Waals surface area contributed by atoms with E-state index in [-0.39, 0.29) is 0 Å². The molecule has 96 valence electrons. The zero-order chi connectivity index (χ0) is 11.9. The lowest BCUT2D eigenvalue weighted by atomic mass is 10.1. The van der Waals surface area contributed by atoms with Gasteiger partial charge in [0.05, 0.1) is 0 Å². The second-order valence-electron chi connectivity index (χ2n) is 4.29. The molecule has 0 nitrogen and oxygen atoms in total. The van der Waals surface area contributed by atoms with Gasteiger partial charge in [-0.3, -0.25) is 0 Å². The molecule has 16 heavy (non-hydrogen) atoms. The quantitative estimate of drug-likeness (QED) is 0.233. The summed E-state index contributed by atoms with van der Waals surface area (Å²) in [5.74, 6) is 0.661. The highest BCUT2D eigenvalue weighted by molar-refractivity contribution is 9.09. The minimum atomic E-state index is 0.661. The summed E-state index contributed by atoms with van der Waals surface area (Å²) < 4.78 is 0. The summed E-state index contributed by atoms with van der Waals surface area (Å²) in [5.41, 5.74) is 0. The van der Waals surface area contributed by atoms with Crippen molar-refractivity contribution in [2.24, 2.45) is 0 Å². The van der Waals surface area contributed by atoms with E-state index < -0.39 is 0 Å². The number of hydrogen-bond donors (Lipinski definition) is 0. The molecule has 0 atom stereocenters. The van der Waals surface area contributed by atoms with E-state index >= 15 is 0 Å². The third-order valence-electron chi connectivity index (χ3n) is 2.76. The van der Waals surface area contributed by atoms with Gasteiger partial charge in [0.25, 0.3) is 0 Å². The third kappa shape index (κ3) is 14.5. The second kappa shape index (κ2) is 15.5. The van der Waals surface area contributed by atoms with E-state index in [1.165, 1.54) is 69.5 Å². The number of rotatable bonds is 12. The summed E-state index contributed by atoms with van der Waals surface area (Å²) in [6, 6.07) is 0. The van der Waals surface area contributed by atoms with Gasteiger partial charge >= 0.3 is 0 Å². The highest BCUT2D eigenvalue weighted by Gasteiger charge is 1.91. The average molecular weight is 310 g/mol. The van der Waals surface area contributed by atoms with Crippen LogP contribution in [0.1, 0.15) is 64.2 Å². The number of unbranched alkanes of at least 4 members (excludes halogenated alkanes) is 9. The fourth-order valence-electron chi connectivity index (χ4n) is 1.77. The standard InChI is InChI=1S/C14H26BrCl/c15-13-11-9-7-5-3-1-2-4-6-8-10-12-14-16/h10,12H,1-9,11,13-14H2. The molecule has 0 N–H and O–H groups in total. The highest BCUT2D eigenvalue weighted by atomic mass is 79.9. The van der Waals surface area contributed by atoms with Crippen molar-refractivity contribution >= 4 is 27.5 Å². The summed E-state index contributed by atoms with van der Waals surface area (Å²) in [5, 5.41) is 1.17. The van der Waals surface area contributed by atoms with Gasteiger partial charge < -0.3 is 0 Å². The Morgan fingerprint density at radius 2 is 1.19 bits per heavy atom. The maximum atomic E-state index is 5.55. The van der Waals surface area contributed by atoms with Crippen molar-refractivity contribution in [3.8, 4) is 0 Å². The van der Waals surface area contributed by atoms with E-state index in [0.29, 0.717) is 5.88 Å². The molecule has 0 aliphatic heterocycles. The van der Waals surface area contributed by atoms with Gasteiger partial charge in [-0.25, -0.2) is 0 Å². The Bertz CT molecular complexity index is 146. The minimum Gasteiger partial charge on any atom is -0.122 e. The lowest BCUT2D eigenvalue weighted by Gasteiger charge is -2.00. The van der Waals surface area contributed by atoms with Gasteiger partial charge in [-0.15, -0.1) is 11.6 Å². The Balaban J connectivity index is 2.90. The first kappa shape index (κ1) is 16.5. The van der Waals surface area contributed by atoms with Crippen LogP contribution in [-0.2, 0) is 0 Å². The Morgan fingerprint density at radius 3 is 1.69 bits per heavy atom. The van der Waals surface area contributed by atoms with Gasteiger partial charge in [-0.1, -0.05) is 73.0 Å². The normalized spacial score (nSPS) is 11.4. The first-order valence-electron chi connectivity index (χ1n) is 6.68. The summed E-state index contributed by atoms with van der Waals surface area (Å²) in [6.07, 6.45) is 18.0. The van der Waals surface area contributed by atoms with Gasteiger partial charge in [0, 0.05) is 11.2 Å². The number of hydrogen-bond acceptors (Lipinski definition) is 0. The molecule has 0 amide bonds. The van der Waals surface area contributed by atoms with Crippen LogP contribution in [0.3, 0.4) is 0 Å². The summed E-state index contributed by atoms with van der Waals surface area (Å²) in [4.78, 5) is 0. The Labute approximate surface area is 115 Å². The van der Waals surface area contributed by atoms with E-state index in [1.54, 1.807) is 0 Å². The lowest BCUT2D eigenvalue weighted by Crippen LogP contribution is -1.82. The van der Waals surface area contributed by atoms with Crippen molar-refractivity contribution < 1.29 is 0 Å². The molecule has 0 aromatic rings. The molecule has 0 spiro atoms. The molecule has 0 rings (SSSR count). The first-order valence-corrected chi connectivity index (χ1v) is 8.34. The molecular formula is C14H26BrCl. The smallest absolute Gasteiger partial charge is 0.0404 e. The number of allylic oxidation sites excluding steroid dienone is 2. The topological polar surface area (TPSA) is 0 Å². The average Bonchev–Trinajstić information content (AvgIpc) is 2.31. The summed E-state index contributed by atoms with van der Waals surface area (Å²) in [6.45, 7) is 0. The van der Waals surface area contributed by atoms with Gasteiger partial charge in [0.1, 0.15) is 0 Å². The van der Waals surface area contributed by atoms with Crippen molar-refractivity contribution in [3.63, 3.8) is 0 Å². The minimum absolute atomic E-state index is 0.661. The predicted octanol–water partition coefficient (Wildman–Crippen LogP) is 6.08. The zero-order valence-electron chi connectivity index (χ0n) is 10.4. The van der Waals surface area contributed by atoms with E-state index in [4.69, 9.17) is 11.6 Å². The van der Waals surface area contributed by atoms with Crippen LogP contribution in [0.25, 0.3) is 0 Å². The maximum Gasteiger partial charge on any atom is 0.0404 e. The van der Waals surface area contributed by atoms with Crippen LogP contribution >= 0.6 is 27.5 Å². The molecule has 0 radical (unpaired) electrons. The predicted molar refractivity (Wildman–Crippen MR) is 79.8 cm³/mol. The van der Waals surface area contributed by atoms with Crippen LogP contribution in [0, 0.1) is 0 Å². The maximum absolute atomic E-state index is 5.55. The van der Waals surface area contributed by atoms with Crippen LogP contribution in [-0.4, -0.2) is 11.2 Å². The largest absolute Gasteiger partial charge is 0.122 e. The van der Waals surface area contributed by atoms with E-state index in [1.807, 2.05) is 6.08 Å². The summed E-state index contributed by atoms with van der Waals surface area (Å²) >= 11 is 9.01. The molecule has 0 aromatic heterocycles. The molecule has 2 heteroatoms. The zero-order valence-corrected chi connectivity index (χ0v) is 12.7. The monoisotopic (exact) mass is 308 g/mol. The Hall–Kier alpha value is 0.510. The molecule has 0 bridgehead atoms. The number of alkyl halides is 2. The fraction of sp³-hybridized carbons (Fsp3) is 0.857. The molecule has 0 unspecified atom stereocenters. The highest BCUT2D eigenvalue weighted by Crippen LogP contribution is 2.11. The lowest BCUT2D eigenvalue weighted by molar-refractivity contribution is 0.567. The van der Waals surface area contributed by atoms with Crippen LogP contribution in [0.2, 0.25) is 0 Å². The van der Waals surface area contributed by atoms with Gasteiger partial charge in [-0.05, 0) is 19.3 Å². The molecule has 0 heterocycles. The Morgan fingerprint density at radius 1 is 0.688 bits per heavy atom. The molecular weight excluding hydrogens is 284 g/mol. The molecule has 0 saturated carbocycles. The van der Waals surface area contributed by atoms with Crippen molar-refractivity contribution in [1.29, 1.82) is 0 Å². The van der Waals surface area contributed by atoms with Gasteiger partial charge in [0.15, 0.2) is 0 Å². The molecule has 0 aliphatic rings. The number of halogens is 2. The molecule has 0 aliphatic carbocycles. The first-order chi connectivity index (χ1) is 7.91. The Kier molecular flexibility index (Phi) is 16.0. The molecule has 0 aromatic carbocycles.